The van der Waals surface area contributed by atoms with Gasteiger partial charge in [-0.1, -0.05) is 18.5 Å². The van der Waals surface area contributed by atoms with Crippen molar-refractivity contribution < 1.29 is 4.74 Å². The van der Waals surface area contributed by atoms with Gasteiger partial charge in [-0.25, -0.2) is 0 Å². The highest BCUT2D eigenvalue weighted by Crippen LogP contribution is 2.27. The fraction of sp³-hybridized carbons (Fsp3) is 0.538. The molecular formula is C13H20ClNOS. The Morgan fingerprint density at radius 3 is 2.88 bits per heavy atom. The third-order valence-corrected chi connectivity index (χ3v) is 3.58. The summed E-state index contributed by atoms with van der Waals surface area (Å²) in [5.74, 6) is 3.15. The summed E-state index contributed by atoms with van der Waals surface area (Å²) in [5, 5.41) is 0.700. The Kier molecular flexibility index (Phi) is 6.78. The first-order chi connectivity index (χ1) is 8.15. The van der Waals surface area contributed by atoms with Crippen LogP contribution in [0.25, 0.3) is 0 Å². The van der Waals surface area contributed by atoms with Crippen molar-refractivity contribution in [1.29, 1.82) is 0 Å². The lowest BCUT2D eigenvalue weighted by atomic mass is 10.1. The van der Waals surface area contributed by atoms with Crippen molar-refractivity contribution in [3.8, 4) is 5.75 Å². The van der Waals surface area contributed by atoms with Crippen LogP contribution in [-0.2, 0) is 0 Å². The summed E-state index contributed by atoms with van der Waals surface area (Å²) in [6.45, 7) is 4.83. The first-order valence-electron chi connectivity index (χ1n) is 5.90. The van der Waals surface area contributed by atoms with Gasteiger partial charge in [0.05, 0.1) is 6.61 Å². The third-order valence-electron chi connectivity index (χ3n) is 2.36. The van der Waals surface area contributed by atoms with E-state index in [1.807, 2.05) is 36.9 Å². The largest absolute Gasteiger partial charge is 0.493 e. The lowest BCUT2D eigenvalue weighted by Gasteiger charge is -2.14. The van der Waals surface area contributed by atoms with E-state index in [1.165, 1.54) is 0 Å². The van der Waals surface area contributed by atoms with Crippen LogP contribution in [0.3, 0.4) is 0 Å². The summed E-state index contributed by atoms with van der Waals surface area (Å²) in [6.07, 6.45) is 1.06. The predicted octanol–water partition coefficient (Wildman–Crippen LogP) is 3.88. The van der Waals surface area contributed by atoms with Crippen molar-refractivity contribution >= 4 is 23.4 Å². The average Bonchev–Trinajstić information content (AvgIpc) is 2.30. The summed E-state index contributed by atoms with van der Waals surface area (Å²) in [7, 11) is 0. The fourth-order valence-electron chi connectivity index (χ4n) is 1.49. The molecule has 0 saturated heterocycles. The van der Waals surface area contributed by atoms with Gasteiger partial charge in [0.15, 0.2) is 0 Å². The summed E-state index contributed by atoms with van der Waals surface area (Å²) < 4.78 is 5.75. The van der Waals surface area contributed by atoms with Gasteiger partial charge in [0, 0.05) is 16.6 Å². The normalized spacial score (nSPS) is 12.5. The van der Waals surface area contributed by atoms with Crippen molar-refractivity contribution in [1.82, 2.24) is 0 Å². The SMILES string of the molecule is CCSCCCOc1ccc(Cl)cc1C(C)N. The van der Waals surface area contributed by atoms with Crippen molar-refractivity contribution in [2.45, 2.75) is 26.3 Å². The van der Waals surface area contributed by atoms with Crippen LogP contribution in [-0.4, -0.2) is 18.1 Å². The zero-order chi connectivity index (χ0) is 12.7. The Hall–Kier alpha value is -0.380. The number of rotatable bonds is 7. The molecule has 0 fully saturated rings. The maximum absolute atomic E-state index is 5.95. The number of hydrogen-bond donors (Lipinski definition) is 1. The van der Waals surface area contributed by atoms with E-state index in [1.54, 1.807) is 0 Å². The number of benzene rings is 1. The van der Waals surface area contributed by atoms with Crippen molar-refractivity contribution in [3.05, 3.63) is 28.8 Å². The molecule has 0 aliphatic rings. The van der Waals surface area contributed by atoms with Gasteiger partial charge in [0.25, 0.3) is 0 Å². The van der Waals surface area contributed by atoms with E-state index in [4.69, 9.17) is 22.1 Å². The molecular weight excluding hydrogens is 254 g/mol. The van der Waals surface area contributed by atoms with Gasteiger partial charge in [-0.15, -0.1) is 0 Å². The quantitative estimate of drug-likeness (QED) is 0.766. The predicted molar refractivity (Wildman–Crippen MR) is 77.2 cm³/mol. The number of nitrogens with two attached hydrogens (primary N) is 1. The minimum Gasteiger partial charge on any atom is -0.493 e. The smallest absolute Gasteiger partial charge is 0.124 e. The van der Waals surface area contributed by atoms with Crippen LogP contribution in [0.1, 0.15) is 31.9 Å². The van der Waals surface area contributed by atoms with E-state index in [0.29, 0.717) is 5.02 Å². The summed E-state index contributed by atoms with van der Waals surface area (Å²) >= 11 is 7.88. The molecule has 1 rings (SSSR count). The topological polar surface area (TPSA) is 35.2 Å². The molecule has 0 heterocycles. The molecule has 2 nitrogen and oxygen atoms in total. The minimum absolute atomic E-state index is 0.0614. The molecule has 0 spiro atoms. The molecule has 0 aromatic heterocycles. The molecule has 0 bridgehead atoms. The molecule has 1 atom stereocenters. The third kappa shape index (κ3) is 5.19. The van der Waals surface area contributed by atoms with Crippen LogP contribution >= 0.6 is 23.4 Å². The summed E-state index contributed by atoms with van der Waals surface area (Å²) in [6, 6.07) is 5.55. The lowest BCUT2D eigenvalue weighted by molar-refractivity contribution is 0.314. The number of ether oxygens (including phenoxy) is 1. The van der Waals surface area contributed by atoms with E-state index in [2.05, 4.69) is 6.92 Å². The molecule has 0 aliphatic heterocycles. The fourth-order valence-corrected chi connectivity index (χ4v) is 2.29. The molecule has 96 valence electrons. The Balaban J connectivity index is 2.52. The summed E-state index contributed by atoms with van der Waals surface area (Å²) in [5.41, 5.74) is 6.87. The Bertz CT molecular complexity index is 344. The number of thioether (sulfide) groups is 1. The molecule has 1 aromatic carbocycles. The number of halogens is 1. The van der Waals surface area contributed by atoms with Gasteiger partial charge in [-0.2, -0.15) is 11.8 Å². The summed E-state index contributed by atoms with van der Waals surface area (Å²) in [4.78, 5) is 0. The zero-order valence-electron chi connectivity index (χ0n) is 10.4. The van der Waals surface area contributed by atoms with Crippen LogP contribution in [0.5, 0.6) is 5.75 Å². The average molecular weight is 274 g/mol. The zero-order valence-corrected chi connectivity index (χ0v) is 12.0. The molecule has 17 heavy (non-hydrogen) atoms. The second kappa shape index (κ2) is 7.85. The van der Waals surface area contributed by atoms with Crippen molar-refractivity contribution in [2.24, 2.45) is 5.73 Å². The lowest BCUT2D eigenvalue weighted by Crippen LogP contribution is -2.09. The van der Waals surface area contributed by atoms with Crippen molar-refractivity contribution in [2.75, 3.05) is 18.1 Å². The molecule has 0 saturated carbocycles. The van der Waals surface area contributed by atoms with Gasteiger partial charge in [0.1, 0.15) is 5.75 Å². The minimum atomic E-state index is -0.0614. The second-order valence-electron chi connectivity index (χ2n) is 3.87. The molecule has 0 aliphatic carbocycles. The van der Waals surface area contributed by atoms with Crippen LogP contribution in [0, 0.1) is 0 Å². The van der Waals surface area contributed by atoms with Gasteiger partial charge in [0.2, 0.25) is 0 Å². The molecule has 0 radical (unpaired) electrons. The van der Waals surface area contributed by atoms with E-state index in [9.17, 15) is 0 Å². The standard InChI is InChI=1S/C13H20ClNOS/c1-3-17-8-4-7-16-13-6-5-11(14)9-12(13)10(2)15/h5-6,9-10H,3-4,7-8,15H2,1-2H3. The van der Waals surface area contributed by atoms with E-state index in [-0.39, 0.29) is 6.04 Å². The van der Waals surface area contributed by atoms with Crippen LogP contribution < -0.4 is 10.5 Å². The van der Waals surface area contributed by atoms with Gasteiger partial charge >= 0.3 is 0 Å². The molecule has 1 aromatic rings. The van der Waals surface area contributed by atoms with Crippen LogP contribution in [0.2, 0.25) is 5.02 Å². The van der Waals surface area contributed by atoms with Gasteiger partial charge < -0.3 is 10.5 Å². The first kappa shape index (κ1) is 14.7. The Labute approximate surface area is 113 Å². The molecule has 2 N–H and O–H groups in total. The van der Waals surface area contributed by atoms with Gasteiger partial charge in [-0.05, 0) is 43.0 Å². The monoisotopic (exact) mass is 273 g/mol. The molecule has 1 unspecified atom stereocenters. The Morgan fingerprint density at radius 2 is 2.24 bits per heavy atom. The highest BCUT2D eigenvalue weighted by atomic mass is 35.5. The Morgan fingerprint density at radius 1 is 1.47 bits per heavy atom. The van der Waals surface area contributed by atoms with E-state index >= 15 is 0 Å². The maximum atomic E-state index is 5.95. The van der Waals surface area contributed by atoms with Crippen LogP contribution in [0.4, 0.5) is 0 Å². The van der Waals surface area contributed by atoms with E-state index < -0.39 is 0 Å². The highest BCUT2D eigenvalue weighted by Gasteiger charge is 2.08. The molecule has 0 amide bonds. The maximum Gasteiger partial charge on any atom is 0.124 e. The second-order valence-corrected chi connectivity index (χ2v) is 5.70. The van der Waals surface area contributed by atoms with Gasteiger partial charge in [-0.3, -0.25) is 0 Å². The number of hydrogen-bond acceptors (Lipinski definition) is 3. The molecule has 4 heteroatoms. The van der Waals surface area contributed by atoms with E-state index in [0.717, 1.165) is 35.8 Å². The van der Waals surface area contributed by atoms with Crippen LogP contribution in [0.15, 0.2) is 18.2 Å². The highest BCUT2D eigenvalue weighted by molar-refractivity contribution is 7.99. The first-order valence-corrected chi connectivity index (χ1v) is 7.44. The van der Waals surface area contributed by atoms with Crippen molar-refractivity contribution in [3.63, 3.8) is 0 Å².